The molecular formula is C11H21NO2. The molecule has 3 nitrogen and oxygen atoms in total. The number of aliphatic hydroxyl groups is 1. The van der Waals surface area contributed by atoms with Gasteiger partial charge in [-0.3, -0.25) is 4.79 Å². The van der Waals surface area contributed by atoms with Crippen molar-refractivity contribution in [2.75, 3.05) is 13.1 Å². The van der Waals surface area contributed by atoms with Crippen LogP contribution in [0, 0.1) is 5.41 Å². The van der Waals surface area contributed by atoms with E-state index in [-0.39, 0.29) is 17.4 Å². The van der Waals surface area contributed by atoms with Gasteiger partial charge in [-0.1, -0.05) is 20.8 Å². The highest BCUT2D eigenvalue weighted by Gasteiger charge is 2.32. The van der Waals surface area contributed by atoms with E-state index in [0.29, 0.717) is 6.54 Å². The summed E-state index contributed by atoms with van der Waals surface area (Å²) < 4.78 is 0. The second kappa shape index (κ2) is 4.30. The number of likely N-dealkylation sites (tertiary alicyclic amines) is 1. The van der Waals surface area contributed by atoms with Gasteiger partial charge >= 0.3 is 0 Å². The smallest absolute Gasteiger partial charge is 0.228 e. The van der Waals surface area contributed by atoms with E-state index >= 15 is 0 Å². The van der Waals surface area contributed by atoms with E-state index in [1.807, 2.05) is 20.8 Å². The van der Waals surface area contributed by atoms with Crippen LogP contribution in [0.2, 0.25) is 0 Å². The lowest BCUT2D eigenvalue weighted by molar-refractivity contribution is -0.143. The minimum atomic E-state index is -0.319. The lowest BCUT2D eigenvalue weighted by atomic mass is 9.88. The number of aliphatic hydroxyl groups excluding tert-OH is 1. The van der Waals surface area contributed by atoms with E-state index < -0.39 is 0 Å². The molecular weight excluding hydrogens is 178 g/mol. The summed E-state index contributed by atoms with van der Waals surface area (Å²) >= 11 is 0. The average Bonchev–Trinajstić information content (AvgIpc) is 2.16. The van der Waals surface area contributed by atoms with E-state index in [1.54, 1.807) is 4.90 Å². The van der Waals surface area contributed by atoms with E-state index in [9.17, 15) is 9.90 Å². The fraction of sp³-hybridized carbons (Fsp3) is 0.909. The summed E-state index contributed by atoms with van der Waals surface area (Å²) in [5, 5.41) is 9.47. The summed E-state index contributed by atoms with van der Waals surface area (Å²) in [7, 11) is 0. The molecule has 0 aromatic heterocycles. The minimum absolute atomic E-state index is 0.179. The predicted molar refractivity (Wildman–Crippen MR) is 55.9 cm³/mol. The second-order valence-corrected chi connectivity index (χ2v) is 4.78. The number of rotatable bonds is 2. The molecule has 1 aliphatic rings. The summed E-state index contributed by atoms with van der Waals surface area (Å²) in [6, 6.07) is 0. The van der Waals surface area contributed by atoms with Crippen molar-refractivity contribution in [3.05, 3.63) is 0 Å². The Bertz CT molecular complexity index is 213. The van der Waals surface area contributed by atoms with Crippen molar-refractivity contribution >= 4 is 5.91 Å². The molecule has 1 atom stereocenters. The Hall–Kier alpha value is -0.570. The Morgan fingerprint density at radius 1 is 1.57 bits per heavy atom. The van der Waals surface area contributed by atoms with Crippen LogP contribution in [0.3, 0.4) is 0 Å². The molecule has 0 saturated carbocycles. The second-order valence-electron chi connectivity index (χ2n) is 4.78. The van der Waals surface area contributed by atoms with Gasteiger partial charge in [-0.25, -0.2) is 0 Å². The van der Waals surface area contributed by atoms with E-state index in [4.69, 9.17) is 0 Å². The zero-order valence-corrected chi connectivity index (χ0v) is 9.42. The number of amides is 1. The first-order valence-corrected chi connectivity index (χ1v) is 5.45. The van der Waals surface area contributed by atoms with Gasteiger partial charge in [-0.05, 0) is 19.3 Å². The maximum Gasteiger partial charge on any atom is 0.228 e. The molecule has 0 aromatic carbocycles. The molecule has 1 amide bonds. The molecule has 0 aromatic rings. The lowest BCUT2D eigenvalue weighted by Crippen LogP contribution is -2.47. The summed E-state index contributed by atoms with van der Waals surface area (Å²) in [6.45, 7) is 7.28. The topological polar surface area (TPSA) is 40.5 Å². The first-order chi connectivity index (χ1) is 6.47. The summed E-state index contributed by atoms with van der Waals surface area (Å²) in [5.74, 6) is 0.179. The number of hydrogen-bond donors (Lipinski definition) is 1. The van der Waals surface area contributed by atoms with Gasteiger partial charge in [0.05, 0.1) is 6.10 Å². The summed E-state index contributed by atoms with van der Waals surface area (Å²) in [5.41, 5.74) is -0.281. The Morgan fingerprint density at radius 3 is 2.71 bits per heavy atom. The highest BCUT2D eigenvalue weighted by Crippen LogP contribution is 2.24. The molecule has 0 bridgehead atoms. The Morgan fingerprint density at radius 2 is 2.21 bits per heavy atom. The standard InChI is InChI=1S/C11H21NO2/c1-4-11(2,3)10(14)12-7-5-6-9(13)8-12/h9,13H,4-8H2,1-3H3/t9-/m0/s1. The van der Waals surface area contributed by atoms with Crippen LogP contribution in [0.5, 0.6) is 0 Å². The highest BCUT2D eigenvalue weighted by atomic mass is 16.3. The largest absolute Gasteiger partial charge is 0.391 e. The Balaban J connectivity index is 2.60. The normalized spacial score (nSPS) is 23.7. The van der Waals surface area contributed by atoms with E-state index in [2.05, 4.69) is 0 Å². The number of nitrogens with zero attached hydrogens (tertiary/aromatic N) is 1. The van der Waals surface area contributed by atoms with Crippen molar-refractivity contribution in [2.24, 2.45) is 5.41 Å². The van der Waals surface area contributed by atoms with Crippen LogP contribution in [0.25, 0.3) is 0 Å². The van der Waals surface area contributed by atoms with Crippen LogP contribution in [-0.4, -0.2) is 35.1 Å². The van der Waals surface area contributed by atoms with E-state index in [1.165, 1.54) is 0 Å². The maximum atomic E-state index is 12.0. The molecule has 1 fully saturated rings. The number of piperidine rings is 1. The number of hydrogen-bond acceptors (Lipinski definition) is 2. The Kier molecular flexibility index (Phi) is 3.53. The van der Waals surface area contributed by atoms with Crippen molar-refractivity contribution in [2.45, 2.75) is 46.1 Å². The quantitative estimate of drug-likeness (QED) is 0.730. The van der Waals surface area contributed by atoms with Crippen molar-refractivity contribution in [3.8, 4) is 0 Å². The van der Waals surface area contributed by atoms with Crippen LogP contribution in [0.4, 0.5) is 0 Å². The van der Waals surface area contributed by atoms with Crippen LogP contribution < -0.4 is 0 Å². The van der Waals surface area contributed by atoms with Gasteiger partial charge in [0.1, 0.15) is 0 Å². The number of carbonyl (C=O) groups is 1. The van der Waals surface area contributed by atoms with E-state index in [0.717, 1.165) is 25.8 Å². The number of carbonyl (C=O) groups excluding carboxylic acids is 1. The molecule has 0 aliphatic carbocycles. The maximum absolute atomic E-state index is 12.0. The molecule has 1 heterocycles. The first-order valence-electron chi connectivity index (χ1n) is 5.45. The highest BCUT2D eigenvalue weighted by molar-refractivity contribution is 5.82. The van der Waals surface area contributed by atoms with Gasteiger partial charge in [0, 0.05) is 18.5 Å². The lowest BCUT2D eigenvalue weighted by Gasteiger charge is -2.35. The van der Waals surface area contributed by atoms with Gasteiger partial charge in [-0.15, -0.1) is 0 Å². The average molecular weight is 199 g/mol. The summed E-state index contributed by atoms with van der Waals surface area (Å²) in [4.78, 5) is 13.8. The van der Waals surface area contributed by atoms with Gasteiger partial charge in [0.25, 0.3) is 0 Å². The fourth-order valence-electron chi connectivity index (χ4n) is 1.72. The molecule has 1 N–H and O–H groups in total. The van der Waals surface area contributed by atoms with Crippen molar-refractivity contribution < 1.29 is 9.90 Å². The molecule has 1 aliphatic heterocycles. The van der Waals surface area contributed by atoms with Crippen LogP contribution in [0.15, 0.2) is 0 Å². The van der Waals surface area contributed by atoms with Crippen LogP contribution >= 0.6 is 0 Å². The van der Waals surface area contributed by atoms with Gasteiger partial charge in [0.2, 0.25) is 5.91 Å². The molecule has 3 heteroatoms. The third kappa shape index (κ3) is 2.47. The van der Waals surface area contributed by atoms with Gasteiger partial charge < -0.3 is 10.0 Å². The molecule has 1 saturated heterocycles. The monoisotopic (exact) mass is 199 g/mol. The van der Waals surface area contributed by atoms with Gasteiger partial charge in [-0.2, -0.15) is 0 Å². The zero-order valence-electron chi connectivity index (χ0n) is 9.42. The fourth-order valence-corrected chi connectivity index (χ4v) is 1.72. The molecule has 1 rings (SSSR count). The molecule has 0 unspecified atom stereocenters. The Labute approximate surface area is 86.1 Å². The molecule has 0 radical (unpaired) electrons. The summed E-state index contributed by atoms with van der Waals surface area (Å²) in [6.07, 6.45) is 2.28. The van der Waals surface area contributed by atoms with Crippen molar-refractivity contribution in [1.29, 1.82) is 0 Å². The SMILES string of the molecule is CCC(C)(C)C(=O)N1CCC[C@H](O)C1. The van der Waals surface area contributed by atoms with Crippen LogP contribution in [0.1, 0.15) is 40.0 Å². The van der Waals surface area contributed by atoms with Crippen LogP contribution in [-0.2, 0) is 4.79 Å². The first kappa shape index (κ1) is 11.5. The zero-order chi connectivity index (χ0) is 10.8. The molecule has 14 heavy (non-hydrogen) atoms. The van der Waals surface area contributed by atoms with Crippen molar-refractivity contribution in [3.63, 3.8) is 0 Å². The minimum Gasteiger partial charge on any atom is -0.391 e. The number of β-amino-alcohol motifs (C(OH)–C–C–N with tert-alkyl or cyclic N) is 1. The molecule has 0 spiro atoms. The van der Waals surface area contributed by atoms with Crippen molar-refractivity contribution in [1.82, 2.24) is 4.90 Å². The third-order valence-electron chi connectivity index (χ3n) is 3.15. The predicted octanol–water partition coefficient (Wildman–Crippen LogP) is 1.41. The molecule has 82 valence electrons. The third-order valence-corrected chi connectivity index (χ3v) is 3.15. The van der Waals surface area contributed by atoms with Gasteiger partial charge in [0.15, 0.2) is 0 Å².